The molecule has 0 saturated heterocycles. The molecule has 0 bridgehead atoms. The van der Waals surface area contributed by atoms with Crippen LogP contribution in [0.4, 0.5) is 11.8 Å². The maximum atomic E-state index is 10.7. The van der Waals surface area contributed by atoms with Crippen molar-refractivity contribution in [2.75, 3.05) is 11.1 Å². The number of nitrogens with one attached hydrogen (secondary N) is 1. The topological polar surface area (TPSA) is 84.1 Å². The molecule has 1 heterocycles. The van der Waals surface area contributed by atoms with E-state index in [1.807, 2.05) is 31.2 Å². The van der Waals surface area contributed by atoms with Crippen molar-refractivity contribution in [2.24, 2.45) is 0 Å². The van der Waals surface area contributed by atoms with Gasteiger partial charge in [0.25, 0.3) is 0 Å². The van der Waals surface area contributed by atoms with Crippen molar-refractivity contribution in [3.05, 3.63) is 47.2 Å². The summed E-state index contributed by atoms with van der Waals surface area (Å²) in [6.07, 6.45) is 6.13. The molecular formula is C19H22N4O. The lowest BCUT2D eigenvalue weighted by Crippen LogP contribution is -2.40. The first kappa shape index (κ1) is 16.3. The van der Waals surface area contributed by atoms with E-state index in [1.165, 1.54) is 5.56 Å². The van der Waals surface area contributed by atoms with Gasteiger partial charge in [0.05, 0.1) is 11.8 Å². The number of nitrogen functional groups attached to an aromatic ring is 1. The monoisotopic (exact) mass is 322 g/mol. The molecule has 0 unspecified atom stereocenters. The van der Waals surface area contributed by atoms with Gasteiger partial charge >= 0.3 is 0 Å². The van der Waals surface area contributed by atoms with E-state index in [0.717, 1.165) is 24.8 Å². The third kappa shape index (κ3) is 4.03. The first-order valence-electron chi connectivity index (χ1n) is 8.26. The van der Waals surface area contributed by atoms with Crippen LogP contribution >= 0.6 is 0 Å². The highest BCUT2D eigenvalue weighted by Crippen LogP contribution is 2.29. The molecule has 0 aliphatic heterocycles. The molecule has 5 nitrogen and oxygen atoms in total. The Morgan fingerprint density at radius 1 is 1.12 bits per heavy atom. The van der Waals surface area contributed by atoms with Crippen LogP contribution in [0.2, 0.25) is 0 Å². The van der Waals surface area contributed by atoms with Crippen molar-refractivity contribution in [1.82, 2.24) is 9.97 Å². The summed E-state index contributed by atoms with van der Waals surface area (Å²) in [5.74, 6) is 6.84. The lowest BCUT2D eigenvalue weighted by Gasteiger charge is -2.33. The molecule has 1 aromatic heterocycles. The summed E-state index contributed by atoms with van der Waals surface area (Å²) < 4.78 is 0. The fourth-order valence-corrected chi connectivity index (χ4v) is 2.84. The van der Waals surface area contributed by atoms with E-state index in [4.69, 9.17) is 5.73 Å². The fourth-order valence-electron chi connectivity index (χ4n) is 2.84. The van der Waals surface area contributed by atoms with Crippen LogP contribution in [-0.2, 0) is 0 Å². The Bertz CT molecular complexity index is 768. The highest BCUT2D eigenvalue weighted by atomic mass is 16.3. The summed E-state index contributed by atoms with van der Waals surface area (Å²) in [6.45, 7) is 2.04. The quantitative estimate of drug-likeness (QED) is 0.585. The lowest BCUT2D eigenvalue weighted by atomic mass is 9.91. The number of hydrogen-bond donors (Lipinski definition) is 3. The zero-order chi connectivity index (χ0) is 17.0. The van der Waals surface area contributed by atoms with Crippen molar-refractivity contribution < 1.29 is 5.11 Å². The first-order chi connectivity index (χ1) is 11.5. The van der Waals surface area contributed by atoms with E-state index in [9.17, 15) is 5.11 Å². The summed E-state index contributed by atoms with van der Waals surface area (Å²) in [4.78, 5) is 8.26. The molecule has 1 fully saturated rings. The summed E-state index contributed by atoms with van der Waals surface area (Å²) >= 11 is 0. The molecule has 2 aromatic rings. The van der Waals surface area contributed by atoms with Gasteiger partial charge in [-0.25, -0.2) is 4.98 Å². The van der Waals surface area contributed by atoms with Gasteiger partial charge in [-0.1, -0.05) is 36.0 Å². The normalized spacial score (nSPS) is 16.1. The third-order valence-electron chi connectivity index (χ3n) is 4.23. The van der Waals surface area contributed by atoms with Gasteiger partial charge in [-0.15, -0.1) is 0 Å². The molecule has 1 aliphatic carbocycles. The van der Waals surface area contributed by atoms with E-state index in [2.05, 4.69) is 27.1 Å². The molecule has 1 aliphatic rings. The molecule has 24 heavy (non-hydrogen) atoms. The predicted molar refractivity (Wildman–Crippen MR) is 95.3 cm³/mol. The minimum absolute atomic E-state index is 0.165. The Morgan fingerprint density at radius 3 is 2.54 bits per heavy atom. The highest BCUT2D eigenvalue weighted by Gasteiger charge is 2.30. The Labute approximate surface area is 142 Å². The Balaban J connectivity index is 1.87. The van der Waals surface area contributed by atoms with Crippen LogP contribution in [-0.4, -0.2) is 20.8 Å². The second-order valence-corrected chi connectivity index (χ2v) is 6.32. The van der Waals surface area contributed by atoms with Crippen molar-refractivity contribution in [1.29, 1.82) is 0 Å². The van der Waals surface area contributed by atoms with Crippen LogP contribution in [0.5, 0.6) is 0 Å². The van der Waals surface area contributed by atoms with Gasteiger partial charge in [-0.05, 0) is 44.7 Å². The summed E-state index contributed by atoms with van der Waals surface area (Å²) in [6, 6.07) is 7.99. The Hall–Kier alpha value is -2.58. The van der Waals surface area contributed by atoms with Crippen molar-refractivity contribution >= 4 is 11.8 Å². The number of hydrogen-bond acceptors (Lipinski definition) is 5. The molecule has 0 radical (unpaired) electrons. The van der Waals surface area contributed by atoms with Crippen molar-refractivity contribution in [3.8, 4) is 11.8 Å². The molecule has 0 amide bonds. The summed E-state index contributed by atoms with van der Waals surface area (Å²) in [5.41, 5.74) is 7.50. The SMILES string of the molecule is Cc1ccc(C#Cc2cnc(N)nc2NC2(O)CCCCC2)cc1. The Morgan fingerprint density at radius 2 is 1.83 bits per heavy atom. The number of aliphatic hydroxyl groups is 1. The van der Waals surface area contributed by atoms with E-state index < -0.39 is 5.72 Å². The van der Waals surface area contributed by atoms with E-state index >= 15 is 0 Å². The van der Waals surface area contributed by atoms with Crippen molar-refractivity contribution in [3.63, 3.8) is 0 Å². The zero-order valence-corrected chi connectivity index (χ0v) is 13.8. The maximum absolute atomic E-state index is 10.7. The molecule has 1 saturated carbocycles. The largest absolute Gasteiger partial charge is 0.371 e. The summed E-state index contributed by atoms with van der Waals surface area (Å²) in [5, 5.41) is 13.8. The highest BCUT2D eigenvalue weighted by molar-refractivity contribution is 5.57. The van der Waals surface area contributed by atoms with Crippen LogP contribution in [0, 0.1) is 18.8 Å². The molecule has 0 atom stereocenters. The smallest absolute Gasteiger partial charge is 0.222 e. The summed E-state index contributed by atoms with van der Waals surface area (Å²) in [7, 11) is 0. The number of aryl methyl sites for hydroxylation is 1. The van der Waals surface area contributed by atoms with Crippen molar-refractivity contribution in [2.45, 2.75) is 44.8 Å². The molecule has 4 N–H and O–H groups in total. The van der Waals surface area contributed by atoms with Gasteiger partial charge in [0, 0.05) is 5.56 Å². The van der Waals surface area contributed by atoms with Gasteiger partial charge < -0.3 is 16.2 Å². The lowest BCUT2D eigenvalue weighted by molar-refractivity contribution is 0.0313. The average Bonchev–Trinajstić information content (AvgIpc) is 2.56. The second kappa shape index (κ2) is 6.90. The Kier molecular flexibility index (Phi) is 4.68. The van der Waals surface area contributed by atoms with Crippen LogP contribution in [0.3, 0.4) is 0 Å². The zero-order valence-electron chi connectivity index (χ0n) is 13.8. The number of nitrogens with two attached hydrogens (primary N) is 1. The third-order valence-corrected chi connectivity index (χ3v) is 4.23. The van der Waals surface area contributed by atoms with Gasteiger partial charge in [-0.2, -0.15) is 4.98 Å². The first-order valence-corrected chi connectivity index (χ1v) is 8.26. The number of nitrogens with zero attached hydrogens (tertiary/aromatic N) is 2. The molecule has 0 spiro atoms. The van der Waals surface area contributed by atoms with Crippen LogP contribution in [0.25, 0.3) is 0 Å². The standard InChI is InChI=1S/C19H22N4O/c1-14-5-7-15(8-6-14)9-10-16-13-21-18(20)22-17(16)23-19(24)11-3-2-4-12-19/h5-8,13,24H,2-4,11-12H2,1H3,(H3,20,21,22,23). The number of aromatic nitrogens is 2. The minimum atomic E-state index is -0.945. The van der Waals surface area contributed by atoms with Gasteiger partial charge in [0.15, 0.2) is 0 Å². The molecule has 3 rings (SSSR count). The second-order valence-electron chi connectivity index (χ2n) is 6.32. The maximum Gasteiger partial charge on any atom is 0.222 e. The van der Waals surface area contributed by atoms with E-state index in [-0.39, 0.29) is 5.95 Å². The van der Waals surface area contributed by atoms with E-state index in [1.54, 1.807) is 6.20 Å². The fraction of sp³-hybridized carbons (Fsp3) is 0.368. The number of benzene rings is 1. The van der Waals surface area contributed by atoms with Gasteiger partial charge in [-0.3, -0.25) is 0 Å². The predicted octanol–water partition coefficient (Wildman–Crippen LogP) is 2.83. The molecular weight excluding hydrogens is 300 g/mol. The molecule has 124 valence electrons. The van der Waals surface area contributed by atoms with Crippen LogP contribution in [0.1, 0.15) is 48.8 Å². The molecule has 5 heteroatoms. The number of anilines is 2. The van der Waals surface area contributed by atoms with Crippen LogP contribution < -0.4 is 11.1 Å². The van der Waals surface area contributed by atoms with Gasteiger partial charge in [0.1, 0.15) is 11.5 Å². The van der Waals surface area contributed by atoms with E-state index in [0.29, 0.717) is 24.2 Å². The number of rotatable bonds is 2. The van der Waals surface area contributed by atoms with Gasteiger partial charge in [0.2, 0.25) is 5.95 Å². The van der Waals surface area contributed by atoms with Crippen LogP contribution in [0.15, 0.2) is 30.5 Å². The minimum Gasteiger partial charge on any atom is -0.371 e. The molecule has 1 aromatic carbocycles. The average molecular weight is 322 g/mol.